The van der Waals surface area contributed by atoms with Gasteiger partial charge in [0, 0.05) is 6.61 Å². The van der Waals surface area contributed by atoms with E-state index >= 15 is 0 Å². The van der Waals surface area contributed by atoms with Crippen LogP contribution >= 0.6 is 0 Å². The first-order chi connectivity index (χ1) is 10.6. The van der Waals surface area contributed by atoms with Gasteiger partial charge in [-0.15, -0.1) is 0 Å². The fraction of sp³-hybridized carbons (Fsp3) is 0.667. The number of hydrogen-bond acceptors (Lipinski definition) is 4. The Labute approximate surface area is 134 Å². The van der Waals surface area contributed by atoms with Crippen LogP contribution in [0.5, 0.6) is 0 Å². The molecule has 0 aliphatic rings. The normalized spacial score (nSPS) is 15.5. The quantitative estimate of drug-likeness (QED) is 0.592. The lowest BCUT2D eigenvalue weighted by Gasteiger charge is -2.20. The van der Waals surface area contributed by atoms with E-state index in [4.69, 9.17) is 18.9 Å². The van der Waals surface area contributed by atoms with E-state index in [-0.39, 0.29) is 18.3 Å². The Hall–Kier alpha value is -0.940. The Morgan fingerprint density at radius 3 is 1.91 bits per heavy atom. The number of hydrogen-bond donors (Lipinski definition) is 0. The van der Waals surface area contributed by atoms with Crippen LogP contribution in [0.4, 0.5) is 0 Å². The second kappa shape index (κ2) is 11.6. The Morgan fingerprint density at radius 2 is 1.32 bits per heavy atom. The number of benzene rings is 1. The second-order valence-electron chi connectivity index (χ2n) is 5.55. The summed E-state index contributed by atoms with van der Waals surface area (Å²) in [4.78, 5) is 0. The molecule has 1 rings (SSSR count). The van der Waals surface area contributed by atoms with Crippen LogP contribution in [0.3, 0.4) is 0 Å². The van der Waals surface area contributed by atoms with Gasteiger partial charge in [0.15, 0.2) is 0 Å². The lowest BCUT2D eigenvalue weighted by Crippen LogP contribution is -2.26. The van der Waals surface area contributed by atoms with Crippen LogP contribution in [0.25, 0.3) is 0 Å². The van der Waals surface area contributed by atoms with E-state index < -0.39 is 0 Å². The predicted octanol–water partition coefficient (Wildman–Crippen LogP) is 3.44. The van der Waals surface area contributed by atoms with Gasteiger partial charge in [-0.05, 0) is 33.3 Å². The lowest BCUT2D eigenvalue weighted by atomic mass is 10.2. The van der Waals surface area contributed by atoms with Crippen LogP contribution in [-0.4, -0.2) is 44.7 Å². The van der Waals surface area contributed by atoms with Crippen molar-refractivity contribution >= 4 is 0 Å². The first-order valence-electron chi connectivity index (χ1n) is 8.08. The summed E-state index contributed by atoms with van der Waals surface area (Å²) in [5.41, 5.74) is 1.18. The van der Waals surface area contributed by atoms with Crippen molar-refractivity contribution in [2.24, 2.45) is 0 Å². The van der Waals surface area contributed by atoms with Crippen molar-refractivity contribution in [1.82, 2.24) is 0 Å². The summed E-state index contributed by atoms with van der Waals surface area (Å²) in [5.74, 6) is 0. The van der Waals surface area contributed by atoms with Gasteiger partial charge in [0.1, 0.15) is 0 Å². The summed E-state index contributed by atoms with van der Waals surface area (Å²) in [6.45, 7) is 11.1. The summed E-state index contributed by atoms with van der Waals surface area (Å²) >= 11 is 0. The van der Waals surface area contributed by atoms with E-state index in [1.54, 1.807) is 0 Å². The molecule has 4 nitrogen and oxygen atoms in total. The summed E-state index contributed by atoms with van der Waals surface area (Å²) in [7, 11) is 0. The highest BCUT2D eigenvalue weighted by atomic mass is 16.6. The maximum Gasteiger partial charge on any atom is 0.0785 e. The summed E-state index contributed by atoms with van der Waals surface area (Å²) in [6.07, 6.45) is 0.202. The highest BCUT2D eigenvalue weighted by Crippen LogP contribution is 2.05. The largest absolute Gasteiger partial charge is 0.379 e. The van der Waals surface area contributed by atoms with Gasteiger partial charge in [0.2, 0.25) is 0 Å². The molecule has 0 amide bonds. The van der Waals surface area contributed by atoms with Crippen molar-refractivity contribution < 1.29 is 18.9 Å². The molecule has 0 aliphatic heterocycles. The van der Waals surface area contributed by atoms with Crippen LogP contribution in [0.15, 0.2) is 30.3 Å². The molecule has 22 heavy (non-hydrogen) atoms. The van der Waals surface area contributed by atoms with Crippen molar-refractivity contribution in [3.8, 4) is 0 Å². The van der Waals surface area contributed by atoms with Crippen LogP contribution in [0.2, 0.25) is 0 Å². The molecule has 0 fully saturated rings. The molecule has 4 heteroatoms. The van der Waals surface area contributed by atoms with Crippen LogP contribution in [-0.2, 0) is 25.6 Å². The van der Waals surface area contributed by atoms with Gasteiger partial charge in [-0.1, -0.05) is 30.3 Å². The molecule has 0 N–H and O–H groups in total. The number of rotatable bonds is 12. The minimum absolute atomic E-state index is 0.0480. The Balaban J connectivity index is 2.08. The van der Waals surface area contributed by atoms with Gasteiger partial charge in [-0.3, -0.25) is 0 Å². The van der Waals surface area contributed by atoms with E-state index in [9.17, 15) is 0 Å². The molecule has 0 radical (unpaired) electrons. The van der Waals surface area contributed by atoms with Crippen LogP contribution < -0.4 is 0 Å². The van der Waals surface area contributed by atoms with E-state index in [0.29, 0.717) is 26.4 Å². The topological polar surface area (TPSA) is 36.9 Å². The molecular formula is C18H30O4. The van der Waals surface area contributed by atoms with Gasteiger partial charge < -0.3 is 18.9 Å². The van der Waals surface area contributed by atoms with Gasteiger partial charge >= 0.3 is 0 Å². The molecule has 0 bridgehead atoms. The zero-order valence-electron chi connectivity index (χ0n) is 14.3. The molecule has 1 aromatic rings. The maximum atomic E-state index is 5.77. The van der Waals surface area contributed by atoms with E-state index in [2.05, 4.69) is 12.1 Å². The standard InChI is InChI=1S/C18H30O4/c1-5-19-11-15(2)20-12-16(3)21-13-17(4)22-14-18-9-7-6-8-10-18/h6-10,15-17H,5,11-14H2,1-4H3. The zero-order chi connectivity index (χ0) is 16.2. The summed E-state index contributed by atoms with van der Waals surface area (Å²) in [5, 5.41) is 0. The molecule has 0 aromatic heterocycles. The fourth-order valence-corrected chi connectivity index (χ4v) is 1.84. The third kappa shape index (κ3) is 9.15. The molecule has 0 saturated heterocycles. The zero-order valence-corrected chi connectivity index (χ0v) is 14.3. The molecule has 3 unspecified atom stereocenters. The Morgan fingerprint density at radius 1 is 0.773 bits per heavy atom. The first-order valence-corrected chi connectivity index (χ1v) is 8.08. The van der Waals surface area contributed by atoms with Crippen molar-refractivity contribution in [3.63, 3.8) is 0 Å². The summed E-state index contributed by atoms with van der Waals surface area (Å²) in [6, 6.07) is 10.2. The average molecular weight is 310 g/mol. The van der Waals surface area contributed by atoms with Crippen molar-refractivity contribution in [2.45, 2.75) is 52.6 Å². The molecule has 3 atom stereocenters. The van der Waals surface area contributed by atoms with Crippen LogP contribution in [0.1, 0.15) is 33.3 Å². The third-order valence-electron chi connectivity index (χ3n) is 3.16. The van der Waals surface area contributed by atoms with Crippen molar-refractivity contribution in [2.75, 3.05) is 26.4 Å². The van der Waals surface area contributed by atoms with Gasteiger partial charge in [0.05, 0.1) is 44.7 Å². The monoisotopic (exact) mass is 310 g/mol. The second-order valence-corrected chi connectivity index (χ2v) is 5.55. The predicted molar refractivity (Wildman–Crippen MR) is 88.0 cm³/mol. The lowest BCUT2D eigenvalue weighted by molar-refractivity contribution is -0.0815. The minimum atomic E-state index is 0.0480. The van der Waals surface area contributed by atoms with Gasteiger partial charge in [-0.2, -0.15) is 0 Å². The highest BCUT2D eigenvalue weighted by Gasteiger charge is 2.10. The minimum Gasteiger partial charge on any atom is -0.379 e. The molecule has 0 aliphatic carbocycles. The van der Waals surface area contributed by atoms with Gasteiger partial charge in [-0.25, -0.2) is 0 Å². The molecular weight excluding hydrogens is 280 g/mol. The first kappa shape index (κ1) is 19.1. The molecule has 0 saturated carbocycles. The molecule has 0 spiro atoms. The van der Waals surface area contributed by atoms with E-state index in [1.807, 2.05) is 45.9 Å². The maximum absolute atomic E-state index is 5.77. The van der Waals surface area contributed by atoms with Gasteiger partial charge in [0.25, 0.3) is 0 Å². The SMILES string of the molecule is CCOCC(C)OCC(C)OCC(C)OCc1ccccc1. The smallest absolute Gasteiger partial charge is 0.0785 e. The highest BCUT2D eigenvalue weighted by molar-refractivity contribution is 5.13. The van der Waals surface area contributed by atoms with E-state index in [1.165, 1.54) is 5.56 Å². The van der Waals surface area contributed by atoms with Crippen molar-refractivity contribution in [1.29, 1.82) is 0 Å². The van der Waals surface area contributed by atoms with Crippen LogP contribution in [0, 0.1) is 0 Å². The molecule has 0 heterocycles. The van der Waals surface area contributed by atoms with E-state index in [0.717, 1.165) is 6.61 Å². The molecule has 126 valence electrons. The summed E-state index contributed by atoms with van der Waals surface area (Å²) < 4.78 is 22.5. The van der Waals surface area contributed by atoms with Crippen molar-refractivity contribution in [3.05, 3.63) is 35.9 Å². The Kier molecular flexibility index (Phi) is 10.1. The Bertz CT molecular complexity index is 369. The third-order valence-corrected chi connectivity index (χ3v) is 3.16. The average Bonchev–Trinajstić information content (AvgIpc) is 2.55. The fourth-order valence-electron chi connectivity index (χ4n) is 1.84. The molecule has 1 aromatic carbocycles. The number of ether oxygens (including phenoxy) is 4.